The zero-order valence-electron chi connectivity index (χ0n) is 16.7. The highest BCUT2D eigenvalue weighted by Gasteiger charge is 2.21. The average molecular weight is 481 g/mol. The summed E-state index contributed by atoms with van der Waals surface area (Å²) in [6, 6.07) is 12.9. The summed E-state index contributed by atoms with van der Waals surface area (Å²) in [7, 11) is 4.76. The lowest BCUT2D eigenvalue weighted by molar-refractivity contribution is 0.100. The summed E-state index contributed by atoms with van der Waals surface area (Å²) in [5, 5.41) is 0.866. The van der Waals surface area contributed by atoms with E-state index < -0.39 is 0 Å². The zero-order valence-corrected chi connectivity index (χ0v) is 19.2. The number of Topliss-reactive ketones (excluding diaryl/α,β-unsaturated/α-hetero) is 1. The number of hydrogen-bond acceptors (Lipinski definition) is 7. The highest BCUT2D eigenvalue weighted by atomic mass is 79.9. The number of ketones is 1. The molecule has 1 heterocycles. The van der Waals surface area contributed by atoms with Crippen LogP contribution < -0.4 is 19.1 Å². The molecule has 156 valence electrons. The maximum Gasteiger partial charge on any atom is 0.182 e. The van der Waals surface area contributed by atoms with Gasteiger partial charge in [0.2, 0.25) is 0 Å². The molecule has 0 unspecified atom stereocenters. The lowest BCUT2D eigenvalue weighted by Crippen LogP contribution is -2.35. The summed E-state index contributed by atoms with van der Waals surface area (Å²) in [6.45, 7) is 0.965. The fourth-order valence-electron chi connectivity index (χ4n) is 2.89. The van der Waals surface area contributed by atoms with Gasteiger partial charge < -0.3 is 19.1 Å². The minimum atomic E-state index is -0.0226. The number of ether oxygens (including phenoxy) is 3. The molecule has 6 nitrogen and oxygen atoms in total. The third-order valence-electron chi connectivity index (χ3n) is 4.40. The minimum absolute atomic E-state index is 0. The van der Waals surface area contributed by atoms with E-state index in [1.54, 1.807) is 51.3 Å². The number of carbonyl (C=O) groups is 1. The Kier molecular flexibility index (Phi) is 8.85. The highest BCUT2D eigenvalue weighted by molar-refractivity contribution is 8.93. The highest BCUT2D eigenvalue weighted by Crippen LogP contribution is 2.29. The maximum absolute atomic E-state index is 13.0. The second-order valence-corrected chi connectivity index (χ2v) is 7.21. The van der Waals surface area contributed by atoms with E-state index in [-0.39, 0.29) is 29.3 Å². The molecule has 0 bridgehead atoms. The Labute approximate surface area is 186 Å². The lowest BCUT2D eigenvalue weighted by atomic mass is 10.1. The van der Waals surface area contributed by atoms with Gasteiger partial charge in [0.15, 0.2) is 22.4 Å². The van der Waals surface area contributed by atoms with E-state index in [0.29, 0.717) is 17.1 Å². The van der Waals surface area contributed by atoms with Crippen LogP contribution in [0.5, 0.6) is 17.2 Å². The summed E-state index contributed by atoms with van der Waals surface area (Å²) in [6.07, 6.45) is 1.05. The SMILES string of the molecule is Br.COc1ccc(N(CC(=O)c2ccc(OC)c(OC)c2)C2=NCCCS2)cc1. The molecular formula is C21H25BrN2O4S. The Hall–Kier alpha value is -2.19. The Morgan fingerprint density at radius 2 is 1.76 bits per heavy atom. The van der Waals surface area contributed by atoms with Crippen LogP contribution in [0.4, 0.5) is 5.69 Å². The molecule has 8 heteroatoms. The number of benzene rings is 2. The Balaban J connectivity index is 0.00000300. The van der Waals surface area contributed by atoms with Gasteiger partial charge >= 0.3 is 0 Å². The van der Waals surface area contributed by atoms with Crippen molar-refractivity contribution in [2.24, 2.45) is 4.99 Å². The summed E-state index contributed by atoms with van der Waals surface area (Å²) in [4.78, 5) is 19.6. The third-order valence-corrected chi connectivity index (χ3v) is 5.50. The van der Waals surface area contributed by atoms with E-state index in [4.69, 9.17) is 14.2 Å². The van der Waals surface area contributed by atoms with Crippen molar-refractivity contribution in [1.82, 2.24) is 0 Å². The van der Waals surface area contributed by atoms with Gasteiger partial charge in [0, 0.05) is 23.5 Å². The van der Waals surface area contributed by atoms with Gasteiger partial charge in [-0.15, -0.1) is 17.0 Å². The fraction of sp³-hybridized carbons (Fsp3) is 0.333. The number of carbonyl (C=O) groups excluding carboxylic acids is 1. The number of methoxy groups -OCH3 is 3. The third kappa shape index (κ3) is 5.67. The van der Waals surface area contributed by atoms with Crippen molar-refractivity contribution in [3.8, 4) is 17.2 Å². The van der Waals surface area contributed by atoms with Crippen molar-refractivity contribution in [2.45, 2.75) is 6.42 Å². The molecule has 0 fully saturated rings. The molecule has 0 atom stereocenters. The Bertz CT molecular complexity index is 858. The van der Waals surface area contributed by atoms with E-state index in [1.807, 2.05) is 29.2 Å². The van der Waals surface area contributed by atoms with Crippen LogP contribution in [-0.2, 0) is 0 Å². The number of halogens is 1. The molecule has 29 heavy (non-hydrogen) atoms. The first-order valence-corrected chi connectivity index (χ1v) is 9.99. The molecule has 0 saturated heterocycles. The molecule has 1 aliphatic heterocycles. The normalized spacial score (nSPS) is 13.0. The molecule has 0 aliphatic carbocycles. The molecule has 1 aliphatic rings. The number of nitrogens with zero attached hydrogens (tertiary/aromatic N) is 2. The summed E-state index contributed by atoms with van der Waals surface area (Å²) in [5.74, 6) is 2.88. The van der Waals surface area contributed by atoms with Crippen molar-refractivity contribution in [2.75, 3.05) is 45.1 Å². The molecule has 0 amide bonds. The number of rotatable bonds is 7. The standard InChI is InChI=1S/C21H24N2O4S.BrH/c1-25-17-8-6-16(7-9-17)23(21-22-11-4-12-28-21)14-18(24)15-5-10-19(26-2)20(13-15)27-3;/h5-10,13H,4,11-12,14H2,1-3H3;1H. The Morgan fingerprint density at radius 1 is 1.03 bits per heavy atom. The fourth-order valence-corrected chi connectivity index (χ4v) is 3.85. The number of hydrogen-bond donors (Lipinski definition) is 0. The van der Waals surface area contributed by atoms with E-state index in [1.165, 1.54) is 0 Å². The molecule has 0 saturated carbocycles. The van der Waals surface area contributed by atoms with Gasteiger partial charge in [0.25, 0.3) is 0 Å². The van der Waals surface area contributed by atoms with Crippen LogP contribution in [0.25, 0.3) is 0 Å². The molecule has 0 aromatic heterocycles. The van der Waals surface area contributed by atoms with Gasteiger partial charge in [-0.3, -0.25) is 9.79 Å². The summed E-state index contributed by atoms with van der Waals surface area (Å²) >= 11 is 1.67. The summed E-state index contributed by atoms with van der Waals surface area (Å²) < 4.78 is 15.8. The van der Waals surface area contributed by atoms with Gasteiger partial charge in [-0.2, -0.15) is 0 Å². The molecule has 2 aromatic rings. The topological polar surface area (TPSA) is 60.4 Å². The minimum Gasteiger partial charge on any atom is -0.497 e. The number of anilines is 1. The number of thioether (sulfide) groups is 1. The zero-order chi connectivity index (χ0) is 19.9. The van der Waals surface area contributed by atoms with Crippen molar-refractivity contribution in [3.05, 3.63) is 48.0 Å². The first-order valence-electron chi connectivity index (χ1n) is 9.00. The summed E-state index contributed by atoms with van der Waals surface area (Å²) in [5.41, 5.74) is 1.47. The quantitative estimate of drug-likeness (QED) is 0.544. The molecular weight excluding hydrogens is 456 g/mol. The van der Waals surface area contributed by atoms with Crippen LogP contribution in [0, 0.1) is 0 Å². The van der Waals surface area contributed by atoms with E-state index in [9.17, 15) is 4.79 Å². The van der Waals surface area contributed by atoms with Crippen molar-refractivity contribution in [3.63, 3.8) is 0 Å². The van der Waals surface area contributed by atoms with Gasteiger partial charge in [0.1, 0.15) is 5.75 Å². The monoisotopic (exact) mass is 480 g/mol. The molecule has 0 radical (unpaired) electrons. The van der Waals surface area contributed by atoms with Crippen molar-refractivity contribution in [1.29, 1.82) is 0 Å². The van der Waals surface area contributed by atoms with Crippen LogP contribution >= 0.6 is 28.7 Å². The molecule has 3 rings (SSSR count). The van der Waals surface area contributed by atoms with Crippen LogP contribution in [0.3, 0.4) is 0 Å². The maximum atomic E-state index is 13.0. The van der Waals surface area contributed by atoms with Gasteiger partial charge in [-0.1, -0.05) is 11.8 Å². The van der Waals surface area contributed by atoms with E-state index in [0.717, 1.165) is 35.3 Å². The van der Waals surface area contributed by atoms with Gasteiger partial charge in [-0.05, 0) is 48.9 Å². The Morgan fingerprint density at radius 3 is 2.34 bits per heavy atom. The van der Waals surface area contributed by atoms with E-state index >= 15 is 0 Å². The lowest BCUT2D eigenvalue weighted by Gasteiger charge is -2.27. The molecule has 2 aromatic carbocycles. The van der Waals surface area contributed by atoms with E-state index in [2.05, 4.69) is 4.99 Å². The first kappa shape index (κ1) is 23.1. The van der Waals surface area contributed by atoms with Gasteiger partial charge in [-0.25, -0.2) is 0 Å². The van der Waals surface area contributed by atoms with Crippen LogP contribution in [0.2, 0.25) is 0 Å². The van der Waals surface area contributed by atoms with Crippen molar-refractivity contribution >= 4 is 45.4 Å². The van der Waals surface area contributed by atoms with Crippen LogP contribution in [-0.4, -0.2) is 51.1 Å². The number of aliphatic imine (C=N–C) groups is 1. The second-order valence-electron chi connectivity index (χ2n) is 6.14. The molecule has 0 N–H and O–H groups in total. The first-order chi connectivity index (χ1) is 13.7. The predicted molar refractivity (Wildman–Crippen MR) is 124 cm³/mol. The number of amidine groups is 1. The average Bonchev–Trinajstić information content (AvgIpc) is 2.77. The smallest absolute Gasteiger partial charge is 0.182 e. The predicted octanol–water partition coefficient (Wildman–Crippen LogP) is 4.47. The molecule has 0 spiro atoms. The van der Waals surface area contributed by atoms with Crippen LogP contribution in [0.15, 0.2) is 47.5 Å². The van der Waals surface area contributed by atoms with Crippen molar-refractivity contribution < 1.29 is 19.0 Å². The van der Waals surface area contributed by atoms with Crippen LogP contribution in [0.1, 0.15) is 16.8 Å². The second kappa shape index (κ2) is 11.1. The largest absolute Gasteiger partial charge is 0.497 e. The van der Waals surface area contributed by atoms with Gasteiger partial charge in [0.05, 0.1) is 27.9 Å².